The predicted octanol–water partition coefficient (Wildman–Crippen LogP) is 1.78. The Morgan fingerprint density at radius 3 is 2.33 bits per heavy atom. The zero-order valence-corrected chi connectivity index (χ0v) is 14.1. The van der Waals surface area contributed by atoms with Crippen LogP contribution in [0.1, 0.15) is 6.92 Å². The van der Waals surface area contributed by atoms with E-state index in [1.165, 1.54) is 24.3 Å². The SMILES string of the molecule is COc1ccccc1N[C@H](C)C(=O)Nc1ccc(S(N)(=O)=O)cc1. The van der Waals surface area contributed by atoms with Crippen LogP contribution in [0.25, 0.3) is 0 Å². The van der Waals surface area contributed by atoms with Crippen LogP contribution in [0, 0.1) is 0 Å². The lowest BCUT2D eigenvalue weighted by Gasteiger charge is -2.17. The number of carbonyl (C=O) groups excluding carboxylic acids is 1. The Morgan fingerprint density at radius 1 is 1.12 bits per heavy atom. The molecule has 0 radical (unpaired) electrons. The standard InChI is InChI=1S/C16H19N3O4S/c1-11(18-14-5-3-4-6-15(14)23-2)16(20)19-12-7-9-13(10-8-12)24(17,21)22/h3-11,18H,1-2H3,(H,19,20)(H2,17,21,22)/t11-/m1/s1. The highest BCUT2D eigenvalue weighted by atomic mass is 32.2. The molecule has 7 nitrogen and oxygen atoms in total. The average Bonchev–Trinajstić information content (AvgIpc) is 2.55. The minimum atomic E-state index is -3.75. The van der Waals surface area contributed by atoms with Gasteiger partial charge < -0.3 is 15.4 Å². The van der Waals surface area contributed by atoms with E-state index in [0.717, 1.165) is 0 Å². The fourth-order valence-corrected chi connectivity index (χ4v) is 2.56. The third-order valence-electron chi connectivity index (χ3n) is 3.32. The minimum absolute atomic E-state index is 0.0132. The number of carbonyl (C=O) groups is 1. The van der Waals surface area contributed by atoms with Gasteiger partial charge in [-0.2, -0.15) is 0 Å². The monoisotopic (exact) mass is 349 g/mol. The fourth-order valence-electron chi connectivity index (χ4n) is 2.04. The zero-order valence-electron chi connectivity index (χ0n) is 13.3. The van der Waals surface area contributed by atoms with Crippen LogP contribution in [0.2, 0.25) is 0 Å². The molecule has 24 heavy (non-hydrogen) atoms. The maximum atomic E-state index is 12.2. The smallest absolute Gasteiger partial charge is 0.246 e. The van der Waals surface area contributed by atoms with E-state index in [4.69, 9.17) is 9.88 Å². The van der Waals surface area contributed by atoms with E-state index < -0.39 is 16.1 Å². The van der Waals surface area contributed by atoms with Crippen molar-refractivity contribution in [3.8, 4) is 5.75 Å². The third-order valence-corrected chi connectivity index (χ3v) is 4.25. The molecule has 0 saturated heterocycles. The first-order valence-electron chi connectivity index (χ1n) is 7.14. The van der Waals surface area contributed by atoms with Crippen molar-refractivity contribution in [2.24, 2.45) is 5.14 Å². The summed E-state index contributed by atoms with van der Waals surface area (Å²) in [5.41, 5.74) is 1.17. The van der Waals surface area contributed by atoms with Crippen molar-refractivity contribution in [2.45, 2.75) is 17.9 Å². The maximum Gasteiger partial charge on any atom is 0.246 e. The molecule has 128 valence electrons. The normalized spacial score (nSPS) is 12.3. The van der Waals surface area contributed by atoms with Gasteiger partial charge in [0.2, 0.25) is 15.9 Å². The third kappa shape index (κ3) is 4.46. The van der Waals surface area contributed by atoms with E-state index in [9.17, 15) is 13.2 Å². The molecule has 0 aliphatic carbocycles. The van der Waals surface area contributed by atoms with Crippen LogP contribution in [0.5, 0.6) is 5.75 Å². The largest absolute Gasteiger partial charge is 0.495 e. The van der Waals surface area contributed by atoms with Gasteiger partial charge in [0.1, 0.15) is 11.8 Å². The number of primary sulfonamides is 1. The molecule has 0 spiro atoms. The van der Waals surface area contributed by atoms with Gasteiger partial charge in [-0.25, -0.2) is 13.6 Å². The summed E-state index contributed by atoms with van der Waals surface area (Å²) in [6.45, 7) is 1.71. The van der Waals surface area contributed by atoms with Crippen molar-refractivity contribution >= 4 is 27.3 Å². The van der Waals surface area contributed by atoms with Gasteiger partial charge >= 0.3 is 0 Å². The number of hydrogen-bond donors (Lipinski definition) is 3. The number of nitrogens with two attached hydrogens (primary N) is 1. The van der Waals surface area contributed by atoms with E-state index in [2.05, 4.69) is 10.6 Å². The van der Waals surface area contributed by atoms with E-state index in [-0.39, 0.29) is 10.8 Å². The number of methoxy groups -OCH3 is 1. The van der Waals surface area contributed by atoms with Gasteiger partial charge in [-0.15, -0.1) is 0 Å². The molecule has 1 atom stereocenters. The van der Waals surface area contributed by atoms with Crippen molar-refractivity contribution in [3.63, 3.8) is 0 Å². The van der Waals surface area contributed by atoms with Crippen LogP contribution in [0.15, 0.2) is 53.4 Å². The maximum absolute atomic E-state index is 12.2. The molecular formula is C16H19N3O4S. The first kappa shape index (κ1) is 17.8. The van der Waals surface area contributed by atoms with Crippen LogP contribution in [-0.2, 0) is 14.8 Å². The van der Waals surface area contributed by atoms with Crippen molar-refractivity contribution in [1.82, 2.24) is 0 Å². The van der Waals surface area contributed by atoms with Gasteiger partial charge in [-0.3, -0.25) is 4.79 Å². The summed E-state index contributed by atoms with van der Waals surface area (Å²) in [5, 5.41) is 10.8. The number of benzene rings is 2. The molecule has 0 aliphatic rings. The molecule has 2 aromatic carbocycles. The Labute approximate surface area is 140 Å². The molecule has 0 heterocycles. The second-order valence-corrected chi connectivity index (χ2v) is 6.69. The summed E-state index contributed by atoms with van der Waals surface area (Å²) in [5.74, 6) is 0.360. The van der Waals surface area contributed by atoms with Crippen LogP contribution in [0.3, 0.4) is 0 Å². The summed E-state index contributed by atoms with van der Waals surface area (Å²) in [6.07, 6.45) is 0. The number of rotatable bonds is 6. The zero-order chi connectivity index (χ0) is 17.7. The van der Waals surface area contributed by atoms with Crippen molar-refractivity contribution < 1.29 is 17.9 Å². The minimum Gasteiger partial charge on any atom is -0.495 e. The highest BCUT2D eigenvalue weighted by Gasteiger charge is 2.15. The molecule has 0 saturated carbocycles. The number of anilines is 2. The molecule has 0 aromatic heterocycles. The molecule has 8 heteroatoms. The van der Waals surface area contributed by atoms with Gasteiger partial charge in [0.15, 0.2) is 0 Å². The number of amides is 1. The number of ether oxygens (including phenoxy) is 1. The van der Waals surface area contributed by atoms with E-state index in [1.54, 1.807) is 20.1 Å². The van der Waals surface area contributed by atoms with Gasteiger partial charge in [-0.05, 0) is 43.3 Å². The predicted molar refractivity (Wildman–Crippen MR) is 92.5 cm³/mol. The average molecular weight is 349 g/mol. The number of nitrogens with one attached hydrogen (secondary N) is 2. The highest BCUT2D eigenvalue weighted by molar-refractivity contribution is 7.89. The summed E-state index contributed by atoms with van der Waals surface area (Å²) < 4.78 is 27.6. The molecule has 1 amide bonds. The van der Waals surface area contributed by atoms with E-state index in [0.29, 0.717) is 17.1 Å². The van der Waals surface area contributed by atoms with Gasteiger partial charge in [-0.1, -0.05) is 12.1 Å². The quantitative estimate of drug-likeness (QED) is 0.736. The molecule has 0 unspecified atom stereocenters. The van der Waals surface area contributed by atoms with Crippen molar-refractivity contribution in [1.29, 1.82) is 0 Å². The summed E-state index contributed by atoms with van der Waals surface area (Å²) in [6, 6.07) is 12.4. The molecular weight excluding hydrogens is 330 g/mol. The molecule has 4 N–H and O–H groups in total. The van der Waals surface area contributed by atoms with Gasteiger partial charge in [0.25, 0.3) is 0 Å². The van der Waals surface area contributed by atoms with Crippen LogP contribution < -0.4 is 20.5 Å². The number of sulfonamides is 1. The molecule has 2 rings (SSSR count). The topological polar surface area (TPSA) is 111 Å². The van der Waals surface area contributed by atoms with Gasteiger partial charge in [0.05, 0.1) is 17.7 Å². The summed E-state index contributed by atoms with van der Waals surface area (Å²) >= 11 is 0. The Kier molecular flexibility index (Phi) is 5.42. The Bertz CT molecular complexity index is 819. The molecule has 0 bridgehead atoms. The van der Waals surface area contributed by atoms with Crippen LogP contribution in [0.4, 0.5) is 11.4 Å². The molecule has 0 aliphatic heterocycles. The fraction of sp³-hybridized carbons (Fsp3) is 0.188. The number of para-hydroxylation sites is 2. The van der Waals surface area contributed by atoms with E-state index in [1.807, 2.05) is 18.2 Å². The number of hydrogen-bond acceptors (Lipinski definition) is 5. The van der Waals surface area contributed by atoms with Crippen molar-refractivity contribution in [2.75, 3.05) is 17.7 Å². The molecule has 0 fully saturated rings. The van der Waals surface area contributed by atoms with E-state index >= 15 is 0 Å². The Balaban J connectivity index is 2.04. The summed E-state index contributed by atoms with van der Waals surface area (Å²) in [7, 11) is -2.20. The van der Waals surface area contributed by atoms with Crippen LogP contribution in [-0.4, -0.2) is 27.5 Å². The Morgan fingerprint density at radius 2 is 1.75 bits per heavy atom. The lowest BCUT2D eigenvalue weighted by Crippen LogP contribution is -2.32. The highest BCUT2D eigenvalue weighted by Crippen LogP contribution is 2.24. The molecule has 2 aromatic rings. The van der Waals surface area contributed by atoms with Crippen LogP contribution >= 0.6 is 0 Å². The lowest BCUT2D eigenvalue weighted by atomic mass is 10.2. The van der Waals surface area contributed by atoms with Crippen molar-refractivity contribution in [3.05, 3.63) is 48.5 Å². The summed E-state index contributed by atoms with van der Waals surface area (Å²) in [4.78, 5) is 12.2. The second kappa shape index (κ2) is 7.33. The first-order chi connectivity index (χ1) is 11.3. The Hall–Kier alpha value is -2.58. The lowest BCUT2D eigenvalue weighted by molar-refractivity contribution is -0.116. The van der Waals surface area contributed by atoms with Gasteiger partial charge in [0, 0.05) is 5.69 Å². The second-order valence-electron chi connectivity index (χ2n) is 5.12. The first-order valence-corrected chi connectivity index (χ1v) is 8.69.